The van der Waals surface area contributed by atoms with E-state index in [1.165, 1.54) is 0 Å². The number of nitrogens with zero attached hydrogens (tertiary/aromatic N) is 1. The largest absolute Gasteiger partial charge is 0.397 e. The van der Waals surface area contributed by atoms with Crippen molar-refractivity contribution < 1.29 is 8.42 Å². The molecule has 1 aromatic rings. The van der Waals surface area contributed by atoms with Crippen molar-refractivity contribution in [1.29, 1.82) is 0 Å². The maximum absolute atomic E-state index is 12.8. The lowest BCUT2D eigenvalue weighted by molar-refractivity contribution is 0.375. The van der Waals surface area contributed by atoms with Crippen LogP contribution in [0.25, 0.3) is 0 Å². The molecule has 1 aliphatic rings. The molecular weight excluding hydrogens is 260 g/mol. The molecule has 0 bridgehead atoms. The highest BCUT2D eigenvalue weighted by Crippen LogP contribution is 2.35. The van der Waals surface area contributed by atoms with Crippen LogP contribution in [0.5, 0.6) is 0 Å². The van der Waals surface area contributed by atoms with Crippen molar-refractivity contribution in [1.82, 2.24) is 4.31 Å². The van der Waals surface area contributed by atoms with Crippen molar-refractivity contribution in [2.75, 3.05) is 18.8 Å². The molecule has 4 nitrogen and oxygen atoms in total. The minimum Gasteiger partial charge on any atom is -0.397 e. The van der Waals surface area contributed by atoms with Crippen molar-refractivity contribution in [3.8, 4) is 0 Å². The number of anilines is 1. The number of benzene rings is 1. The lowest BCUT2D eigenvalue weighted by Gasteiger charge is -2.22. The molecular formula is C14H22N2O2S. The Morgan fingerprint density at radius 1 is 1.21 bits per heavy atom. The number of nitrogens with two attached hydrogens (primary N) is 1. The van der Waals surface area contributed by atoms with Gasteiger partial charge in [-0.2, -0.15) is 4.31 Å². The first kappa shape index (κ1) is 14.3. The monoisotopic (exact) mass is 282 g/mol. The molecule has 1 aromatic carbocycles. The second-order valence-electron chi connectivity index (χ2n) is 6.19. The van der Waals surface area contributed by atoms with Crippen molar-refractivity contribution >= 4 is 15.7 Å². The molecule has 0 spiro atoms. The Labute approximate surface area is 115 Å². The Bertz CT molecular complexity index is 606. The molecule has 0 aromatic heterocycles. The molecule has 1 aliphatic heterocycles. The van der Waals surface area contributed by atoms with E-state index in [0.717, 1.165) is 12.0 Å². The van der Waals surface area contributed by atoms with Gasteiger partial charge in [-0.15, -0.1) is 0 Å². The first-order chi connectivity index (χ1) is 8.65. The van der Waals surface area contributed by atoms with E-state index in [9.17, 15) is 8.42 Å². The van der Waals surface area contributed by atoms with Crippen LogP contribution in [-0.4, -0.2) is 25.8 Å². The summed E-state index contributed by atoms with van der Waals surface area (Å²) in [5, 5.41) is 0. The zero-order valence-corrected chi connectivity index (χ0v) is 12.8. The van der Waals surface area contributed by atoms with Crippen LogP contribution in [-0.2, 0) is 10.0 Å². The summed E-state index contributed by atoms with van der Waals surface area (Å²) in [6, 6.07) is 3.68. The molecule has 1 fully saturated rings. The zero-order chi connectivity index (χ0) is 14.4. The molecule has 0 atom stereocenters. The van der Waals surface area contributed by atoms with E-state index in [-0.39, 0.29) is 10.3 Å². The first-order valence-corrected chi connectivity index (χ1v) is 7.95. The van der Waals surface area contributed by atoms with Gasteiger partial charge in [0.05, 0.1) is 5.69 Å². The average molecular weight is 282 g/mol. The zero-order valence-electron chi connectivity index (χ0n) is 12.0. The summed E-state index contributed by atoms with van der Waals surface area (Å²) in [6.45, 7) is 8.94. The number of nitrogen functional groups attached to an aromatic ring is 1. The maximum Gasteiger partial charge on any atom is 0.245 e. The number of sulfonamides is 1. The molecule has 0 aliphatic carbocycles. The molecule has 1 heterocycles. The second-order valence-corrected chi connectivity index (χ2v) is 8.07. The van der Waals surface area contributed by atoms with E-state index in [1.807, 2.05) is 19.1 Å². The van der Waals surface area contributed by atoms with Gasteiger partial charge in [0.1, 0.15) is 4.90 Å². The molecule has 106 valence electrons. The van der Waals surface area contributed by atoms with Gasteiger partial charge in [0.25, 0.3) is 0 Å². The van der Waals surface area contributed by atoms with Crippen molar-refractivity contribution in [2.24, 2.45) is 5.41 Å². The van der Waals surface area contributed by atoms with Crippen molar-refractivity contribution in [3.63, 3.8) is 0 Å². The molecule has 2 N–H and O–H groups in total. The van der Waals surface area contributed by atoms with Crippen molar-refractivity contribution in [2.45, 2.75) is 39.0 Å². The Kier molecular flexibility index (Phi) is 3.39. The molecule has 0 saturated carbocycles. The maximum atomic E-state index is 12.8. The SMILES string of the molecule is Cc1ccc(C)c(S(=O)(=O)N2CCC(C)(C)C2)c1N. The molecule has 1 saturated heterocycles. The molecule has 0 amide bonds. The summed E-state index contributed by atoms with van der Waals surface area (Å²) in [7, 11) is -3.49. The first-order valence-electron chi connectivity index (χ1n) is 6.51. The second kappa shape index (κ2) is 4.49. The summed E-state index contributed by atoms with van der Waals surface area (Å²) >= 11 is 0. The van der Waals surface area contributed by atoms with E-state index >= 15 is 0 Å². The van der Waals surface area contributed by atoms with E-state index in [2.05, 4.69) is 13.8 Å². The van der Waals surface area contributed by atoms with Gasteiger partial charge in [0.15, 0.2) is 0 Å². The van der Waals surface area contributed by atoms with E-state index in [1.54, 1.807) is 11.2 Å². The van der Waals surface area contributed by atoms with Gasteiger partial charge < -0.3 is 5.73 Å². The van der Waals surface area contributed by atoms with Crippen LogP contribution in [0.1, 0.15) is 31.4 Å². The highest BCUT2D eigenvalue weighted by atomic mass is 32.2. The number of hydrogen-bond donors (Lipinski definition) is 1. The molecule has 0 radical (unpaired) electrons. The average Bonchev–Trinajstić information content (AvgIpc) is 2.65. The van der Waals surface area contributed by atoms with E-state index in [4.69, 9.17) is 5.73 Å². The number of hydrogen-bond acceptors (Lipinski definition) is 3. The van der Waals surface area contributed by atoms with Gasteiger partial charge in [-0.25, -0.2) is 8.42 Å². The van der Waals surface area contributed by atoms with Gasteiger partial charge >= 0.3 is 0 Å². The number of aryl methyl sites for hydroxylation is 2. The summed E-state index contributed by atoms with van der Waals surface area (Å²) < 4.78 is 27.1. The van der Waals surface area contributed by atoms with E-state index in [0.29, 0.717) is 24.3 Å². The molecule has 0 unspecified atom stereocenters. The molecule has 2 rings (SSSR count). The van der Waals surface area contributed by atoms with Crippen LogP contribution in [0.2, 0.25) is 0 Å². The Morgan fingerprint density at radius 3 is 2.32 bits per heavy atom. The van der Waals surface area contributed by atoms with Crippen molar-refractivity contribution in [3.05, 3.63) is 23.3 Å². The Morgan fingerprint density at radius 2 is 1.79 bits per heavy atom. The number of rotatable bonds is 2. The summed E-state index contributed by atoms with van der Waals surface area (Å²) in [5.74, 6) is 0. The minimum atomic E-state index is -3.49. The van der Waals surface area contributed by atoms with Crippen LogP contribution >= 0.6 is 0 Å². The van der Waals surface area contributed by atoms with E-state index < -0.39 is 10.0 Å². The summed E-state index contributed by atoms with van der Waals surface area (Å²) in [4.78, 5) is 0.283. The smallest absolute Gasteiger partial charge is 0.245 e. The predicted octanol–water partition coefficient (Wildman–Crippen LogP) is 2.31. The van der Waals surface area contributed by atoms with Crippen LogP contribution in [0.4, 0.5) is 5.69 Å². The molecule has 19 heavy (non-hydrogen) atoms. The predicted molar refractivity (Wildman–Crippen MR) is 77.5 cm³/mol. The van der Waals surface area contributed by atoms with Crippen LogP contribution in [0.3, 0.4) is 0 Å². The Hall–Kier alpha value is -1.07. The van der Waals surface area contributed by atoms with Gasteiger partial charge in [-0.05, 0) is 36.8 Å². The third-order valence-electron chi connectivity index (χ3n) is 3.85. The Balaban J connectivity index is 2.50. The summed E-state index contributed by atoms with van der Waals surface area (Å²) in [5.41, 5.74) is 7.94. The standard InChI is InChI=1S/C14H22N2O2S/c1-10-5-6-11(2)13(12(10)15)19(17,18)16-8-7-14(3,4)9-16/h5-6H,7-9,15H2,1-4H3. The van der Waals surface area contributed by atoms with Crippen LogP contribution in [0.15, 0.2) is 17.0 Å². The lowest BCUT2D eigenvalue weighted by atomic mass is 9.93. The van der Waals surface area contributed by atoms with Gasteiger partial charge in [0.2, 0.25) is 10.0 Å². The fourth-order valence-corrected chi connectivity index (χ4v) is 4.57. The lowest BCUT2D eigenvalue weighted by Crippen LogP contribution is -2.31. The van der Waals surface area contributed by atoms with Crippen LogP contribution in [0, 0.1) is 19.3 Å². The van der Waals surface area contributed by atoms with Gasteiger partial charge in [-0.3, -0.25) is 0 Å². The minimum absolute atomic E-state index is 0.0412. The molecule has 5 heteroatoms. The third-order valence-corrected chi connectivity index (χ3v) is 5.90. The topological polar surface area (TPSA) is 63.4 Å². The van der Waals surface area contributed by atoms with Gasteiger partial charge in [-0.1, -0.05) is 26.0 Å². The normalized spacial score (nSPS) is 19.8. The highest BCUT2D eigenvalue weighted by molar-refractivity contribution is 7.89. The quantitative estimate of drug-likeness (QED) is 0.847. The fourth-order valence-electron chi connectivity index (χ4n) is 2.55. The highest BCUT2D eigenvalue weighted by Gasteiger charge is 2.38. The van der Waals surface area contributed by atoms with Crippen LogP contribution < -0.4 is 5.73 Å². The third kappa shape index (κ3) is 2.49. The van der Waals surface area contributed by atoms with Gasteiger partial charge in [0, 0.05) is 13.1 Å². The summed E-state index contributed by atoms with van der Waals surface area (Å²) in [6.07, 6.45) is 0.886. The fraction of sp³-hybridized carbons (Fsp3) is 0.571.